The van der Waals surface area contributed by atoms with Crippen LogP contribution in [0.1, 0.15) is 18.1 Å². The minimum atomic E-state index is -0.643. The molecule has 5 heteroatoms. The van der Waals surface area contributed by atoms with E-state index in [-0.39, 0.29) is 5.91 Å². The van der Waals surface area contributed by atoms with Gasteiger partial charge in [-0.3, -0.25) is 4.79 Å². The van der Waals surface area contributed by atoms with Crippen molar-refractivity contribution < 1.29 is 13.9 Å². The van der Waals surface area contributed by atoms with Crippen molar-refractivity contribution in [3.63, 3.8) is 0 Å². The van der Waals surface area contributed by atoms with Crippen LogP contribution in [-0.4, -0.2) is 18.6 Å². The Kier molecular flexibility index (Phi) is 3.99. The zero-order valence-electron chi connectivity index (χ0n) is 14.7. The fourth-order valence-electron chi connectivity index (χ4n) is 3.42. The van der Waals surface area contributed by atoms with Gasteiger partial charge in [-0.05, 0) is 49.6 Å². The lowest BCUT2D eigenvalue weighted by molar-refractivity contribution is -0.124. The highest BCUT2D eigenvalue weighted by atomic mass is 16.5. The summed E-state index contributed by atoms with van der Waals surface area (Å²) in [7, 11) is 0. The predicted molar refractivity (Wildman–Crippen MR) is 99.8 cm³/mol. The molecule has 1 aliphatic rings. The number of carbonyl (C=O) groups is 1. The number of anilines is 1. The summed E-state index contributed by atoms with van der Waals surface area (Å²) >= 11 is 0. The number of rotatable bonds is 3. The maximum absolute atomic E-state index is 12.8. The highest BCUT2D eigenvalue weighted by Gasteiger charge is 2.28. The summed E-state index contributed by atoms with van der Waals surface area (Å²) in [5.74, 6) is 0.417. The Bertz CT molecular complexity index is 1050. The van der Waals surface area contributed by atoms with E-state index in [4.69, 9.17) is 9.15 Å². The van der Waals surface area contributed by atoms with E-state index < -0.39 is 11.7 Å². The van der Waals surface area contributed by atoms with Gasteiger partial charge in [-0.2, -0.15) is 0 Å². The fourth-order valence-corrected chi connectivity index (χ4v) is 3.42. The number of aryl methyl sites for hydroxylation is 1. The third kappa shape index (κ3) is 2.86. The molecule has 0 N–H and O–H groups in total. The summed E-state index contributed by atoms with van der Waals surface area (Å²) in [6.45, 7) is 4.26. The molecule has 0 spiro atoms. The molecular weight excluding hydrogens is 330 g/mol. The zero-order valence-corrected chi connectivity index (χ0v) is 14.7. The topological polar surface area (TPSA) is 59.8 Å². The molecule has 0 bridgehead atoms. The maximum atomic E-state index is 12.8. The van der Waals surface area contributed by atoms with E-state index in [0.29, 0.717) is 17.9 Å². The maximum Gasteiger partial charge on any atom is 0.336 e. The van der Waals surface area contributed by atoms with Gasteiger partial charge in [0.1, 0.15) is 11.3 Å². The standard InChI is InChI=1S/C21H19NO4/c1-13-11-20(23)26-19-12-16(7-8-17(13)19)25-14(2)21(24)22-10-9-15-5-3-4-6-18(15)22/h3-8,11-12,14H,9-10H2,1-2H3. The highest BCUT2D eigenvalue weighted by Crippen LogP contribution is 2.29. The molecule has 0 aliphatic carbocycles. The van der Waals surface area contributed by atoms with Gasteiger partial charge >= 0.3 is 5.63 Å². The lowest BCUT2D eigenvalue weighted by atomic mass is 10.1. The first kappa shape index (κ1) is 16.4. The molecule has 0 radical (unpaired) electrons. The monoisotopic (exact) mass is 349 g/mol. The normalized spacial score (nSPS) is 14.3. The van der Waals surface area contributed by atoms with Crippen LogP contribution in [-0.2, 0) is 11.2 Å². The number of hydrogen-bond acceptors (Lipinski definition) is 4. The van der Waals surface area contributed by atoms with E-state index >= 15 is 0 Å². The first-order valence-electron chi connectivity index (χ1n) is 8.63. The molecular formula is C21H19NO4. The molecule has 0 saturated heterocycles. The zero-order chi connectivity index (χ0) is 18.3. The van der Waals surface area contributed by atoms with Gasteiger partial charge in [0.05, 0.1) is 0 Å². The van der Waals surface area contributed by atoms with E-state index in [1.165, 1.54) is 11.6 Å². The van der Waals surface area contributed by atoms with Crippen LogP contribution in [0.25, 0.3) is 11.0 Å². The van der Waals surface area contributed by atoms with Crippen LogP contribution in [0.2, 0.25) is 0 Å². The van der Waals surface area contributed by atoms with Gasteiger partial charge in [0.25, 0.3) is 5.91 Å². The lowest BCUT2D eigenvalue weighted by Crippen LogP contribution is -2.39. The summed E-state index contributed by atoms with van der Waals surface area (Å²) in [6, 6.07) is 14.7. The van der Waals surface area contributed by atoms with E-state index in [9.17, 15) is 9.59 Å². The van der Waals surface area contributed by atoms with Gasteiger partial charge in [0.15, 0.2) is 6.10 Å². The summed E-state index contributed by atoms with van der Waals surface area (Å²) in [5, 5.41) is 0.851. The molecule has 1 aromatic heterocycles. The van der Waals surface area contributed by atoms with Crippen LogP contribution in [0.5, 0.6) is 5.75 Å². The predicted octanol–water partition coefficient (Wildman–Crippen LogP) is 3.46. The number of amides is 1. The van der Waals surface area contributed by atoms with Crippen molar-refractivity contribution in [2.75, 3.05) is 11.4 Å². The van der Waals surface area contributed by atoms with Crippen molar-refractivity contribution in [3.8, 4) is 5.75 Å². The molecule has 1 amide bonds. The molecule has 2 heterocycles. The fraction of sp³-hybridized carbons (Fsp3) is 0.238. The van der Waals surface area contributed by atoms with Crippen molar-refractivity contribution in [3.05, 3.63) is 70.1 Å². The van der Waals surface area contributed by atoms with Crippen LogP contribution in [0.4, 0.5) is 5.69 Å². The molecule has 5 nitrogen and oxygen atoms in total. The average Bonchev–Trinajstić information content (AvgIpc) is 3.04. The number of ether oxygens (including phenoxy) is 1. The third-order valence-electron chi connectivity index (χ3n) is 4.74. The van der Waals surface area contributed by atoms with Crippen LogP contribution in [0, 0.1) is 6.92 Å². The summed E-state index contributed by atoms with van der Waals surface area (Å²) in [4.78, 5) is 26.1. The minimum absolute atomic E-state index is 0.0826. The molecule has 0 saturated carbocycles. The van der Waals surface area contributed by atoms with Crippen LogP contribution >= 0.6 is 0 Å². The second-order valence-corrected chi connectivity index (χ2v) is 6.54. The van der Waals surface area contributed by atoms with Crippen LogP contribution in [0.15, 0.2) is 57.7 Å². The van der Waals surface area contributed by atoms with Gasteiger partial charge in [-0.15, -0.1) is 0 Å². The van der Waals surface area contributed by atoms with Gasteiger partial charge in [-0.25, -0.2) is 4.79 Å². The summed E-state index contributed by atoms with van der Waals surface area (Å²) < 4.78 is 11.1. The molecule has 132 valence electrons. The molecule has 1 aliphatic heterocycles. The Hall–Kier alpha value is -3.08. The molecule has 0 fully saturated rings. The lowest BCUT2D eigenvalue weighted by Gasteiger charge is -2.22. The van der Waals surface area contributed by atoms with Crippen molar-refractivity contribution >= 4 is 22.6 Å². The van der Waals surface area contributed by atoms with E-state index in [0.717, 1.165) is 23.1 Å². The molecule has 1 atom stereocenters. The number of benzene rings is 2. The Morgan fingerprint density at radius 2 is 2.00 bits per heavy atom. The second kappa shape index (κ2) is 6.33. The van der Waals surface area contributed by atoms with Crippen molar-refractivity contribution in [2.45, 2.75) is 26.4 Å². The minimum Gasteiger partial charge on any atom is -0.481 e. The number of hydrogen-bond donors (Lipinski definition) is 0. The Morgan fingerprint density at radius 1 is 1.19 bits per heavy atom. The molecule has 1 unspecified atom stereocenters. The Balaban J connectivity index is 1.57. The second-order valence-electron chi connectivity index (χ2n) is 6.54. The first-order chi connectivity index (χ1) is 12.5. The average molecular weight is 349 g/mol. The number of nitrogens with zero attached hydrogens (tertiary/aromatic N) is 1. The summed E-state index contributed by atoms with van der Waals surface area (Å²) in [5.41, 5.74) is 3.04. The van der Waals surface area contributed by atoms with Gasteiger partial charge in [-0.1, -0.05) is 18.2 Å². The van der Waals surface area contributed by atoms with Gasteiger partial charge in [0.2, 0.25) is 0 Å². The Labute approximate surface area is 150 Å². The van der Waals surface area contributed by atoms with Crippen molar-refractivity contribution in [1.82, 2.24) is 0 Å². The molecule has 26 heavy (non-hydrogen) atoms. The van der Waals surface area contributed by atoms with Crippen molar-refractivity contribution in [2.24, 2.45) is 0 Å². The van der Waals surface area contributed by atoms with Crippen LogP contribution < -0.4 is 15.3 Å². The largest absolute Gasteiger partial charge is 0.481 e. The smallest absolute Gasteiger partial charge is 0.336 e. The SMILES string of the molecule is Cc1cc(=O)oc2cc(OC(C)C(=O)N3CCc4ccccc43)ccc12. The number of para-hydroxylation sites is 1. The first-order valence-corrected chi connectivity index (χ1v) is 8.63. The van der Waals surface area contributed by atoms with Gasteiger partial charge < -0.3 is 14.1 Å². The Morgan fingerprint density at radius 3 is 2.85 bits per heavy atom. The quantitative estimate of drug-likeness (QED) is 0.680. The summed E-state index contributed by atoms with van der Waals surface area (Å²) in [6.07, 6.45) is 0.213. The molecule has 2 aromatic carbocycles. The van der Waals surface area contributed by atoms with E-state index in [1.54, 1.807) is 24.0 Å². The number of carbonyl (C=O) groups excluding carboxylic acids is 1. The van der Waals surface area contributed by atoms with Crippen molar-refractivity contribution in [1.29, 1.82) is 0 Å². The molecule has 4 rings (SSSR count). The molecule has 3 aromatic rings. The van der Waals surface area contributed by atoms with E-state index in [2.05, 4.69) is 0 Å². The van der Waals surface area contributed by atoms with Crippen LogP contribution in [0.3, 0.4) is 0 Å². The van der Waals surface area contributed by atoms with E-state index in [1.807, 2.05) is 37.3 Å². The van der Waals surface area contributed by atoms with Gasteiger partial charge in [0, 0.05) is 29.8 Å². The highest BCUT2D eigenvalue weighted by molar-refractivity contribution is 5.98. The third-order valence-corrected chi connectivity index (χ3v) is 4.74. The number of fused-ring (bicyclic) bond motifs is 2.